The molecular weight excluding hydrogens is 198 g/mol. The SMILES string of the molecule is CS(=O)(=O)CCCNCCCCl. The third kappa shape index (κ3) is 10.2. The molecule has 0 atom stereocenters. The van der Waals surface area contributed by atoms with E-state index < -0.39 is 9.84 Å². The molecule has 0 aromatic rings. The first-order chi connectivity index (χ1) is 5.56. The van der Waals surface area contributed by atoms with Gasteiger partial charge in [-0.25, -0.2) is 8.42 Å². The summed E-state index contributed by atoms with van der Waals surface area (Å²) in [4.78, 5) is 0. The Morgan fingerprint density at radius 1 is 1.25 bits per heavy atom. The molecule has 0 amide bonds. The third-order valence-electron chi connectivity index (χ3n) is 1.36. The Hall–Kier alpha value is 0.200. The third-order valence-corrected chi connectivity index (χ3v) is 2.65. The minimum absolute atomic E-state index is 0.265. The maximum Gasteiger partial charge on any atom is 0.147 e. The minimum Gasteiger partial charge on any atom is -0.317 e. The molecule has 74 valence electrons. The second kappa shape index (κ2) is 6.69. The molecule has 0 unspecified atom stereocenters. The first kappa shape index (κ1) is 12.2. The summed E-state index contributed by atoms with van der Waals surface area (Å²) in [5, 5.41) is 3.11. The van der Waals surface area contributed by atoms with Gasteiger partial charge in [0, 0.05) is 12.1 Å². The number of hydrogen-bond donors (Lipinski definition) is 1. The van der Waals surface area contributed by atoms with E-state index in [-0.39, 0.29) is 5.75 Å². The largest absolute Gasteiger partial charge is 0.317 e. The molecule has 0 heterocycles. The van der Waals surface area contributed by atoms with Crippen LogP contribution in [0.25, 0.3) is 0 Å². The van der Waals surface area contributed by atoms with E-state index >= 15 is 0 Å². The Morgan fingerprint density at radius 2 is 1.83 bits per heavy atom. The quantitative estimate of drug-likeness (QED) is 0.499. The van der Waals surface area contributed by atoms with Gasteiger partial charge in [-0.1, -0.05) is 0 Å². The van der Waals surface area contributed by atoms with Crippen molar-refractivity contribution in [3.63, 3.8) is 0 Å². The Labute approximate surface area is 79.4 Å². The van der Waals surface area contributed by atoms with E-state index in [1.165, 1.54) is 6.26 Å². The number of nitrogens with one attached hydrogen (secondary N) is 1. The smallest absolute Gasteiger partial charge is 0.147 e. The van der Waals surface area contributed by atoms with Crippen LogP contribution in [0.1, 0.15) is 12.8 Å². The van der Waals surface area contributed by atoms with Gasteiger partial charge in [-0.3, -0.25) is 0 Å². The lowest BCUT2D eigenvalue weighted by molar-refractivity contribution is 0.594. The highest BCUT2D eigenvalue weighted by atomic mass is 35.5. The zero-order valence-corrected chi connectivity index (χ0v) is 8.92. The molecule has 0 saturated carbocycles. The summed E-state index contributed by atoms with van der Waals surface area (Å²) < 4.78 is 21.3. The Kier molecular flexibility index (Phi) is 6.80. The number of hydrogen-bond acceptors (Lipinski definition) is 3. The minimum atomic E-state index is -2.78. The van der Waals surface area contributed by atoms with E-state index in [1.807, 2.05) is 0 Å². The Morgan fingerprint density at radius 3 is 2.33 bits per heavy atom. The zero-order valence-electron chi connectivity index (χ0n) is 7.35. The van der Waals surface area contributed by atoms with Crippen LogP contribution in [0.15, 0.2) is 0 Å². The van der Waals surface area contributed by atoms with Crippen molar-refractivity contribution in [3.8, 4) is 0 Å². The lowest BCUT2D eigenvalue weighted by Gasteiger charge is -2.01. The van der Waals surface area contributed by atoms with Crippen molar-refractivity contribution in [2.75, 3.05) is 31.0 Å². The highest BCUT2D eigenvalue weighted by Crippen LogP contribution is 1.87. The summed E-state index contributed by atoms with van der Waals surface area (Å²) in [7, 11) is -2.78. The highest BCUT2D eigenvalue weighted by Gasteiger charge is 1.99. The number of sulfone groups is 1. The fourth-order valence-corrected chi connectivity index (χ4v) is 1.58. The molecule has 12 heavy (non-hydrogen) atoms. The average molecular weight is 214 g/mol. The van der Waals surface area contributed by atoms with Gasteiger partial charge in [0.15, 0.2) is 0 Å². The monoisotopic (exact) mass is 213 g/mol. The molecule has 0 aromatic carbocycles. The maximum absolute atomic E-state index is 10.7. The zero-order chi connectivity index (χ0) is 9.45. The summed E-state index contributed by atoms with van der Waals surface area (Å²) in [5.74, 6) is 0.917. The topological polar surface area (TPSA) is 46.2 Å². The van der Waals surface area contributed by atoms with Crippen LogP contribution >= 0.6 is 11.6 Å². The molecule has 0 aliphatic carbocycles. The molecule has 0 aromatic heterocycles. The van der Waals surface area contributed by atoms with Gasteiger partial charge in [-0.05, 0) is 25.9 Å². The van der Waals surface area contributed by atoms with Crippen molar-refractivity contribution in [1.29, 1.82) is 0 Å². The van der Waals surface area contributed by atoms with Crippen molar-refractivity contribution < 1.29 is 8.42 Å². The molecule has 0 saturated heterocycles. The summed E-state index contributed by atoms with van der Waals surface area (Å²) in [6.07, 6.45) is 2.87. The average Bonchev–Trinajstić information content (AvgIpc) is 1.94. The van der Waals surface area contributed by atoms with Gasteiger partial charge in [-0.15, -0.1) is 11.6 Å². The van der Waals surface area contributed by atoms with E-state index in [4.69, 9.17) is 11.6 Å². The molecule has 0 spiro atoms. The molecule has 1 N–H and O–H groups in total. The standard InChI is InChI=1S/C7H16ClNO2S/c1-12(10,11)7-3-6-9-5-2-4-8/h9H,2-7H2,1H3. The van der Waals surface area contributed by atoms with Crippen LogP contribution < -0.4 is 5.32 Å². The van der Waals surface area contributed by atoms with Crippen molar-refractivity contribution in [3.05, 3.63) is 0 Å². The molecular formula is C7H16ClNO2S. The second-order valence-corrected chi connectivity index (χ2v) is 5.41. The van der Waals surface area contributed by atoms with E-state index in [2.05, 4.69) is 5.32 Å². The van der Waals surface area contributed by atoms with Crippen molar-refractivity contribution in [2.24, 2.45) is 0 Å². The fourth-order valence-electron chi connectivity index (χ4n) is 0.776. The Balaban J connectivity index is 3.12. The summed E-state index contributed by atoms with van der Waals surface area (Å²) in [6, 6.07) is 0. The van der Waals surface area contributed by atoms with E-state index in [0.29, 0.717) is 12.3 Å². The molecule has 5 heteroatoms. The summed E-state index contributed by atoms with van der Waals surface area (Å²) in [6.45, 7) is 1.62. The highest BCUT2D eigenvalue weighted by molar-refractivity contribution is 7.90. The molecule has 0 rings (SSSR count). The lowest BCUT2D eigenvalue weighted by atomic mass is 10.4. The number of halogens is 1. The molecule has 0 bridgehead atoms. The van der Waals surface area contributed by atoms with Gasteiger partial charge in [0.1, 0.15) is 9.84 Å². The van der Waals surface area contributed by atoms with Crippen molar-refractivity contribution in [2.45, 2.75) is 12.8 Å². The normalized spacial score (nSPS) is 11.8. The van der Waals surface area contributed by atoms with Crippen LogP contribution in [0.2, 0.25) is 0 Å². The molecule has 0 fully saturated rings. The van der Waals surface area contributed by atoms with E-state index in [1.54, 1.807) is 0 Å². The molecule has 3 nitrogen and oxygen atoms in total. The molecule has 0 aliphatic rings. The van der Waals surface area contributed by atoms with Gasteiger partial charge in [0.25, 0.3) is 0 Å². The summed E-state index contributed by atoms with van der Waals surface area (Å²) >= 11 is 5.45. The first-order valence-electron chi connectivity index (χ1n) is 4.00. The van der Waals surface area contributed by atoms with Gasteiger partial charge in [-0.2, -0.15) is 0 Å². The second-order valence-electron chi connectivity index (χ2n) is 2.78. The van der Waals surface area contributed by atoms with Gasteiger partial charge >= 0.3 is 0 Å². The molecule has 0 aliphatic heterocycles. The summed E-state index contributed by atoms with van der Waals surface area (Å²) in [5.41, 5.74) is 0. The van der Waals surface area contributed by atoms with Crippen LogP contribution in [0, 0.1) is 0 Å². The van der Waals surface area contributed by atoms with E-state index in [0.717, 1.165) is 19.5 Å². The fraction of sp³-hybridized carbons (Fsp3) is 1.00. The predicted octanol–water partition coefficient (Wildman–Crippen LogP) is 0.640. The Bertz CT molecular complexity index is 192. The van der Waals surface area contributed by atoms with Gasteiger partial charge < -0.3 is 5.32 Å². The van der Waals surface area contributed by atoms with E-state index in [9.17, 15) is 8.42 Å². The van der Waals surface area contributed by atoms with Crippen LogP contribution in [0.3, 0.4) is 0 Å². The van der Waals surface area contributed by atoms with Gasteiger partial charge in [0.2, 0.25) is 0 Å². The van der Waals surface area contributed by atoms with Crippen LogP contribution in [0.5, 0.6) is 0 Å². The van der Waals surface area contributed by atoms with Crippen molar-refractivity contribution >= 4 is 21.4 Å². The van der Waals surface area contributed by atoms with Crippen LogP contribution in [-0.4, -0.2) is 39.4 Å². The first-order valence-corrected chi connectivity index (χ1v) is 6.60. The predicted molar refractivity (Wildman–Crippen MR) is 52.5 cm³/mol. The van der Waals surface area contributed by atoms with Crippen molar-refractivity contribution in [1.82, 2.24) is 5.32 Å². The molecule has 0 radical (unpaired) electrons. The van der Waals surface area contributed by atoms with Crippen LogP contribution in [0.4, 0.5) is 0 Å². The van der Waals surface area contributed by atoms with Gasteiger partial charge in [0.05, 0.1) is 5.75 Å². The number of alkyl halides is 1. The maximum atomic E-state index is 10.7. The number of rotatable bonds is 7. The van der Waals surface area contributed by atoms with Crippen LogP contribution in [-0.2, 0) is 9.84 Å². The lowest BCUT2D eigenvalue weighted by Crippen LogP contribution is -2.19.